The van der Waals surface area contributed by atoms with Gasteiger partial charge in [-0.3, -0.25) is 9.59 Å². The second kappa shape index (κ2) is 9.20. The number of fused-ring (bicyclic) bond motifs is 1. The Morgan fingerprint density at radius 2 is 2.00 bits per heavy atom. The molecule has 4 nitrogen and oxygen atoms in total. The summed E-state index contributed by atoms with van der Waals surface area (Å²) in [5.41, 5.74) is 1.20. The van der Waals surface area contributed by atoms with Crippen LogP contribution in [0.15, 0.2) is 11.4 Å². The van der Waals surface area contributed by atoms with Gasteiger partial charge in [0.05, 0.1) is 0 Å². The first-order chi connectivity index (χ1) is 10.7. The van der Waals surface area contributed by atoms with Crippen molar-refractivity contribution in [3.05, 3.63) is 21.9 Å². The summed E-state index contributed by atoms with van der Waals surface area (Å²) in [6.07, 6.45) is 6.10. The Kier molecular flexibility index (Phi) is 7.25. The van der Waals surface area contributed by atoms with E-state index >= 15 is 0 Å². The third-order valence-electron chi connectivity index (χ3n) is 3.78. The minimum absolute atomic E-state index is 0.0365. The van der Waals surface area contributed by atoms with Crippen molar-refractivity contribution < 1.29 is 14.7 Å². The van der Waals surface area contributed by atoms with Crippen molar-refractivity contribution in [2.45, 2.75) is 50.2 Å². The Bertz CT molecular complexity index is 501. The lowest BCUT2D eigenvalue weighted by molar-refractivity contribution is -0.137. The van der Waals surface area contributed by atoms with Gasteiger partial charge in [0.2, 0.25) is 5.91 Å². The van der Waals surface area contributed by atoms with Gasteiger partial charge < -0.3 is 10.4 Å². The first-order valence-electron chi connectivity index (χ1n) is 7.86. The molecule has 0 fully saturated rings. The highest BCUT2D eigenvalue weighted by Crippen LogP contribution is 2.39. The Labute approximate surface area is 139 Å². The van der Waals surface area contributed by atoms with E-state index in [1.807, 2.05) is 0 Å². The van der Waals surface area contributed by atoms with Gasteiger partial charge in [0, 0.05) is 17.8 Å². The van der Waals surface area contributed by atoms with Crippen LogP contribution in [0.5, 0.6) is 0 Å². The molecule has 1 aliphatic rings. The number of aryl methyl sites for hydroxylation is 1. The number of carbonyl (C=O) groups excluding carboxylic acids is 1. The first kappa shape index (κ1) is 17.3. The van der Waals surface area contributed by atoms with Gasteiger partial charge in [-0.1, -0.05) is 19.3 Å². The third kappa shape index (κ3) is 5.32. The van der Waals surface area contributed by atoms with E-state index in [1.165, 1.54) is 10.4 Å². The molecule has 0 saturated heterocycles. The zero-order valence-electron chi connectivity index (χ0n) is 12.7. The van der Waals surface area contributed by atoms with E-state index in [0.29, 0.717) is 6.54 Å². The van der Waals surface area contributed by atoms with Gasteiger partial charge in [0.15, 0.2) is 0 Å². The number of thiophene rings is 1. The Hall–Kier alpha value is -1.01. The molecule has 0 bridgehead atoms. The van der Waals surface area contributed by atoms with Crippen LogP contribution in [0.4, 0.5) is 0 Å². The smallest absolute Gasteiger partial charge is 0.303 e. The SMILES string of the molecule is O=C(O)CCCCCCCNC(=O)C1SCCc2sccc21. The predicted molar refractivity (Wildman–Crippen MR) is 91.6 cm³/mol. The van der Waals surface area contributed by atoms with Gasteiger partial charge in [-0.15, -0.1) is 23.1 Å². The molecule has 1 aromatic heterocycles. The van der Waals surface area contributed by atoms with Crippen LogP contribution in [0.2, 0.25) is 0 Å². The predicted octanol–water partition coefficient (Wildman–Crippen LogP) is 3.62. The highest BCUT2D eigenvalue weighted by Gasteiger charge is 2.27. The molecule has 1 atom stereocenters. The molecule has 1 aromatic rings. The molecule has 2 heterocycles. The Balaban J connectivity index is 1.58. The molecule has 1 aliphatic heterocycles. The number of rotatable bonds is 9. The summed E-state index contributed by atoms with van der Waals surface area (Å²) < 4.78 is 0. The lowest BCUT2D eigenvalue weighted by Crippen LogP contribution is -2.30. The van der Waals surface area contributed by atoms with Crippen molar-refractivity contribution in [2.24, 2.45) is 0 Å². The van der Waals surface area contributed by atoms with Crippen LogP contribution in [0.25, 0.3) is 0 Å². The van der Waals surface area contributed by atoms with E-state index in [2.05, 4.69) is 16.8 Å². The number of nitrogens with one attached hydrogen (secondary N) is 1. The van der Waals surface area contributed by atoms with Gasteiger partial charge in [-0.2, -0.15) is 0 Å². The van der Waals surface area contributed by atoms with Gasteiger partial charge in [-0.05, 0) is 42.0 Å². The number of carbonyl (C=O) groups is 2. The summed E-state index contributed by atoms with van der Waals surface area (Å²) in [5.74, 6) is 0.440. The standard InChI is InChI=1S/C16H23NO3S2/c18-14(19)6-4-2-1-3-5-9-17-16(20)15-12-7-10-21-13(12)8-11-22-15/h7,10,15H,1-6,8-9,11H2,(H,17,20)(H,18,19). The van der Waals surface area contributed by atoms with Gasteiger partial charge in [0.1, 0.15) is 5.25 Å². The van der Waals surface area contributed by atoms with E-state index in [4.69, 9.17) is 5.11 Å². The molecule has 2 N–H and O–H groups in total. The minimum Gasteiger partial charge on any atom is -0.481 e. The minimum atomic E-state index is -0.718. The molecule has 22 heavy (non-hydrogen) atoms. The van der Waals surface area contributed by atoms with Crippen LogP contribution < -0.4 is 5.32 Å². The van der Waals surface area contributed by atoms with E-state index < -0.39 is 5.97 Å². The maximum absolute atomic E-state index is 12.3. The van der Waals surface area contributed by atoms with Crippen molar-refractivity contribution in [3.8, 4) is 0 Å². The van der Waals surface area contributed by atoms with Crippen molar-refractivity contribution in [1.82, 2.24) is 5.32 Å². The number of carboxylic acid groups (broad SMARTS) is 1. The molecule has 0 spiro atoms. The fourth-order valence-corrected chi connectivity index (χ4v) is 4.92. The third-order valence-corrected chi connectivity index (χ3v) is 6.02. The largest absolute Gasteiger partial charge is 0.481 e. The molecular formula is C16H23NO3S2. The number of amides is 1. The van der Waals surface area contributed by atoms with Crippen molar-refractivity contribution in [1.29, 1.82) is 0 Å². The average molecular weight is 341 g/mol. The van der Waals surface area contributed by atoms with Crippen molar-refractivity contribution in [3.63, 3.8) is 0 Å². The maximum atomic E-state index is 12.3. The van der Waals surface area contributed by atoms with Crippen molar-refractivity contribution >= 4 is 35.0 Å². The zero-order valence-corrected chi connectivity index (χ0v) is 14.3. The monoisotopic (exact) mass is 341 g/mol. The molecule has 1 amide bonds. The number of hydrogen-bond donors (Lipinski definition) is 2. The maximum Gasteiger partial charge on any atom is 0.303 e. The van der Waals surface area contributed by atoms with Crippen LogP contribution >= 0.6 is 23.1 Å². The van der Waals surface area contributed by atoms with Crippen LogP contribution in [-0.4, -0.2) is 29.3 Å². The zero-order chi connectivity index (χ0) is 15.8. The molecule has 0 aromatic carbocycles. The molecule has 1 unspecified atom stereocenters. The summed E-state index contributed by atoms with van der Waals surface area (Å²) in [6.45, 7) is 0.717. The van der Waals surface area contributed by atoms with Crippen LogP contribution in [0.3, 0.4) is 0 Å². The first-order valence-corrected chi connectivity index (χ1v) is 9.78. The number of thioether (sulfide) groups is 1. The lowest BCUT2D eigenvalue weighted by atomic mass is 10.1. The van der Waals surface area contributed by atoms with E-state index in [1.54, 1.807) is 23.1 Å². The highest BCUT2D eigenvalue weighted by molar-refractivity contribution is 8.00. The number of aliphatic carboxylic acids is 1. The molecule has 0 aliphatic carbocycles. The molecule has 122 valence electrons. The molecule has 0 radical (unpaired) electrons. The quantitative estimate of drug-likeness (QED) is 0.673. The number of hydrogen-bond acceptors (Lipinski definition) is 4. The Morgan fingerprint density at radius 3 is 2.82 bits per heavy atom. The summed E-state index contributed by atoms with van der Waals surface area (Å²) in [6, 6.07) is 2.08. The summed E-state index contributed by atoms with van der Waals surface area (Å²) >= 11 is 3.49. The second-order valence-corrected chi connectivity index (χ2v) is 7.72. The summed E-state index contributed by atoms with van der Waals surface area (Å²) in [5, 5.41) is 13.6. The average Bonchev–Trinajstić information content (AvgIpc) is 2.97. The number of carboxylic acids is 1. The molecular weight excluding hydrogens is 318 g/mol. The second-order valence-electron chi connectivity index (χ2n) is 5.50. The normalized spacial score (nSPS) is 17.0. The van der Waals surface area contributed by atoms with Crippen LogP contribution in [0.1, 0.15) is 54.2 Å². The van der Waals surface area contributed by atoms with Crippen LogP contribution in [-0.2, 0) is 16.0 Å². The van der Waals surface area contributed by atoms with Crippen molar-refractivity contribution in [2.75, 3.05) is 12.3 Å². The van der Waals surface area contributed by atoms with Crippen LogP contribution in [0, 0.1) is 0 Å². The lowest BCUT2D eigenvalue weighted by Gasteiger charge is -2.21. The summed E-state index contributed by atoms with van der Waals surface area (Å²) in [4.78, 5) is 24.0. The number of unbranched alkanes of at least 4 members (excludes halogenated alkanes) is 4. The molecule has 0 saturated carbocycles. The van der Waals surface area contributed by atoms with E-state index in [0.717, 1.165) is 44.3 Å². The fourth-order valence-electron chi connectivity index (χ4n) is 2.60. The van der Waals surface area contributed by atoms with E-state index in [-0.39, 0.29) is 17.6 Å². The topological polar surface area (TPSA) is 66.4 Å². The van der Waals surface area contributed by atoms with Gasteiger partial charge in [-0.25, -0.2) is 0 Å². The van der Waals surface area contributed by atoms with Gasteiger partial charge >= 0.3 is 5.97 Å². The molecule has 6 heteroatoms. The fraction of sp³-hybridized carbons (Fsp3) is 0.625. The Morgan fingerprint density at radius 1 is 1.23 bits per heavy atom. The van der Waals surface area contributed by atoms with E-state index in [9.17, 15) is 9.59 Å². The summed E-state index contributed by atoms with van der Waals surface area (Å²) in [7, 11) is 0. The highest BCUT2D eigenvalue weighted by atomic mass is 32.2. The molecule has 2 rings (SSSR count). The van der Waals surface area contributed by atoms with Gasteiger partial charge in [0.25, 0.3) is 0 Å².